The van der Waals surface area contributed by atoms with Crippen molar-refractivity contribution in [2.75, 3.05) is 18.3 Å². The second-order valence-corrected chi connectivity index (χ2v) is 8.99. The van der Waals surface area contributed by atoms with Crippen LogP contribution in [0.4, 0.5) is 5.69 Å². The molecule has 0 heterocycles. The van der Waals surface area contributed by atoms with Crippen LogP contribution in [0.1, 0.15) is 35.3 Å². The highest BCUT2D eigenvalue weighted by Crippen LogP contribution is 2.21. The second kappa shape index (κ2) is 9.09. The molecule has 0 aliphatic carbocycles. The van der Waals surface area contributed by atoms with E-state index in [2.05, 4.69) is 10.0 Å². The first-order chi connectivity index (χ1) is 13.5. The summed E-state index contributed by atoms with van der Waals surface area (Å²) < 4.78 is 28.1. The third-order valence-corrected chi connectivity index (χ3v) is 5.70. The van der Waals surface area contributed by atoms with Crippen molar-refractivity contribution in [2.45, 2.75) is 38.6 Å². The number of hydrogen-bond donors (Lipinski definition) is 2. The molecule has 0 aliphatic heterocycles. The van der Waals surface area contributed by atoms with Crippen LogP contribution in [0.5, 0.6) is 0 Å². The van der Waals surface area contributed by atoms with Gasteiger partial charge in [-0.3, -0.25) is 14.3 Å². The van der Waals surface area contributed by atoms with Gasteiger partial charge in [0.05, 0.1) is 11.4 Å². The number of carbonyl (C=O) groups excluding carboxylic acids is 2. The summed E-state index contributed by atoms with van der Waals surface area (Å²) in [5, 5.41) is 2.73. The van der Waals surface area contributed by atoms with Gasteiger partial charge in [0.25, 0.3) is 15.9 Å². The van der Waals surface area contributed by atoms with E-state index in [-0.39, 0.29) is 40.5 Å². The molecule has 0 saturated heterocycles. The van der Waals surface area contributed by atoms with Gasteiger partial charge < -0.3 is 10.2 Å². The number of nitrogens with zero attached hydrogens (tertiary/aromatic N) is 1. The SMILES string of the molecule is Cc1ccc(C)c(S(=O)(=O)Nc2cccc(C(=O)N(C)CC(=O)NC(C)C)c2)c1. The lowest BCUT2D eigenvalue weighted by Gasteiger charge is -2.18. The molecular formula is C21H27N3O4S. The summed E-state index contributed by atoms with van der Waals surface area (Å²) in [6.07, 6.45) is 0. The fraction of sp³-hybridized carbons (Fsp3) is 0.333. The van der Waals surface area contributed by atoms with Crippen LogP contribution in [-0.2, 0) is 14.8 Å². The molecule has 0 unspecified atom stereocenters. The van der Waals surface area contributed by atoms with Crippen molar-refractivity contribution in [1.29, 1.82) is 0 Å². The predicted octanol–water partition coefficient (Wildman–Crippen LogP) is 2.70. The van der Waals surface area contributed by atoms with Gasteiger partial charge >= 0.3 is 0 Å². The molecule has 0 fully saturated rings. The first-order valence-corrected chi connectivity index (χ1v) is 10.7. The summed E-state index contributed by atoms with van der Waals surface area (Å²) >= 11 is 0. The lowest BCUT2D eigenvalue weighted by Crippen LogP contribution is -2.40. The summed E-state index contributed by atoms with van der Waals surface area (Å²) in [6, 6.07) is 11.4. The van der Waals surface area contributed by atoms with E-state index in [0.29, 0.717) is 5.56 Å². The van der Waals surface area contributed by atoms with E-state index in [0.717, 1.165) is 5.56 Å². The average Bonchev–Trinajstić information content (AvgIpc) is 2.62. The molecule has 8 heteroatoms. The van der Waals surface area contributed by atoms with E-state index < -0.39 is 10.0 Å². The molecule has 0 saturated carbocycles. The Morgan fingerprint density at radius 1 is 1.07 bits per heavy atom. The molecule has 2 aromatic carbocycles. The number of hydrogen-bond acceptors (Lipinski definition) is 4. The average molecular weight is 418 g/mol. The molecule has 0 spiro atoms. The Kier molecular flexibility index (Phi) is 7.02. The molecule has 0 bridgehead atoms. The summed E-state index contributed by atoms with van der Waals surface area (Å²) in [6.45, 7) is 7.14. The van der Waals surface area contributed by atoms with Crippen LogP contribution >= 0.6 is 0 Å². The van der Waals surface area contributed by atoms with Crippen molar-refractivity contribution in [3.05, 3.63) is 59.2 Å². The number of anilines is 1. The smallest absolute Gasteiger partial charge is 0.262 e. The number of sulfonamides is 1. The highest BCUT2D eigenvalue weighted by Gasteiger charge is 2.19. The quantitative estimate of drug-likeness (QED) is 0.724. The van der Waals surface area contributed by atoms with E-state index in [1.165, 1.54) is 18.0 Å². The maximum atomic E-state index is 12.8. The van der Waals surface area contributed by atoms with Gasteiger partial charge in [-0.2, -0.15) is 0 Å². The second-order valence-electron chi connectivity index (χ2n) is 7.34. The van der Waals surface area contributed by atoms with E-state index in [9.17, 15) is 18.0 Å². The summed E-state index contributed by atoms with van der Waals surface area (Å²) in [4.78, 5) is 26.0. The van der Waals surface area contributed by atoms with Crippen LogP contribution < -0.4 is 10.0 Å². The van der Waals surface area contributed by atoms with Gasteiger partial charge in [-0.15, -0.1) is 0 Å². The van der Waals surface area contributed by atoms with Gasteiger partial charge in [-0.1, -0.05) is 18.2 Å². The van der Waals surface area contributed by atoms with E-state index >= 15 is 0 Å². The Labute approximate surface area is 172 Å². The van der Waals surface area contributed by atoms with Crippen LogP contribution in [0.2, 0.25) is 0 Å². The van der Waals surface area contributed by atoms with Gasteiger partial charge in [-0.25, -0.2) is 8.42 Å². The zero-order valence-electron chi connectivity index (χ0n) is 17.3. The minimum absolute atomic E-state index is 0.0196. The lowest BCUT2D eigenvalue weighted by atomic mass is 10.2. The van der Waals surface area contributed by atoms with E-state index in [1.807, 2.05) is 26.8 Å². The summed E-state index contributed by atoms with van der Waals surface area (Å²) in [5.41, 5.74) is 2.02. The Hall–Kier alpha value is -2.87. The third-order valence-electron chi connectivity index (χ3n) is 4.17. The largest absolute Gasteiger partial charge is 0.352 e. The van der Waals surface area contributed by atoms with Gasteiger partial charge in [-0.05, 0) is 63.1 Å². The molecule has 2 aromatic rings. The van der Waals surface area contributed by atoms with Crippen molar-refractivity contribution in [3.8, 4) is 0 Å². The first-order valence-electron chi connectivity index (χ1n) is 9.24. The number of benzene rings is 2. The number of rotatable bonds is 7. The number of carbonyl (C=O) groups is 2. The molecule has 2 rings (SSSR count). The normalized spacial score (nSPS) is 11.2. The zero-order valence-corrected chi connectivity index (χ0v) is 18.1. The molecular weight excluding hydrogens is 390 g/mol. The Bertz CT molecular complexity index is 1020. The van der Waals surface area contributed by atoms with Gasteiger partial charge in [0.1, 0.15) is 0 Å². The molecule has 29 heavy (non-hydrogen) atoms. The Morgan fingerprint density at radius 2 is 1.76 bits per heavy atom. The molecule has 0 radical (unpaired) electrons. The number of nitrogens with one attached hydrogen (secondary N) is 2. The predicted molar refractivity (Wildman–Crippen MR) is 113 cm³/mol. The summed E-state index contributed by atoms with van der Waals surface area (Å²) in [5.74, 6) is -0.640. The molecule has 0 aliphatic rings. The van der Waals surface area contributed by atoms with E-state index in [4.69, 9.17) is 0 Å². The van der Waals surface area contributed by atoms with Gasteiger partial charge in [0.15, 0.2) is 0 Å². The highest BCUT2D eigenvalue weighted by molar-refractivity contribution is 7.92. The molecule has 2 amide bonds. The number of likely N-dealkylation sites (N-methyl/N-ethyl adjacent to an activating group) is 1. The van der Waals surface area contributed by atoms with Crippen molar-refractivity contribution in [1.82, 2.24) is 10.2 Å². The van der Waals surface area contributed by atoms with Crippen molar-refractivity contribution in [2.24, 2.45) is 0 Å². The van der Waals surface area contributed by atoms with Crippen LogP contribution in [0.25, 0.3) is 0 Å². The standard InChI is InChI=1S/C21H27N3O4S/c1-14(2)22-20(25)13-24(5)21(26)17-7-6-8-18(12-17)23-29(27,28)19-11-15(3)9-10-16(19)4/h6-12,14,23H,13H2,1-5H3,(H,22,25). The minimum atomic E-state index is -3.80. The topological polar surface area (TPSA) is 95.6 Å². The fourth-order valence-corrected chi connectivity index (χ4v) is 4.18. The van der Waals surface area contributed by atoms with Crippen molar-refractivity contribution < 1.29 is 18.0 Å². The van der Waals surface area contributed by atoms with Gasteiger partial charge in [0, 0.05) is 24.3 Å². The number of amides is 2. The Balaban J connectivity index is 2.19. The third kappa shape index (κ3) is 6.05. The maximum absolute atomic E-state index is 12.8. The molecule has 0 atom stereocenters. The van der Waals surface area contributed by atoms with Crippen LogP contribution in [0.3, 0.4) is 0 Å². The van der Waals surface area contributed by atoms with E-state index in [1.54, 1.807) is 37.3 Å². The molecule has 2 N–H and O–H groups in total. The van der Waals surface area contributed by atoms with Crippen LogP contribution in [-0.4, -0.2) is 44.8 Å². The summed E-state index contributed by atoms with van der Waals surface area (Å²) in [7, 11) is -2.28. The number of aryl methyl sites for hydroxylation is 2. The monoisotopic (exact) mass is 417 g/mol. The molecule has 7 nitrogen and oxygen atoms in total. The van der Waals surface area contributed by atoms with Crippen LogP contribution in [0.15, 0.2) is 47.4 Å². The van der Waals surface area contributed by atoms with Crippen LogP contribution in [0, 0.1) is 13.8 Å². The first kappa shape index (κ1) is 22.4. The lowest BCUT2D eigenvalue weighted by molar-refractivity contribution is -0.122. The van der Waals surface area contributed by atoms with Crippen molar-refractivity contribution >= 4 is 27.5 Å². The highest BCUT2D eigenvalue weighted by atomic mass is 32.2. The maximum Gasteiger partial charge on any atom is 0.262 e. The zero-order chi connectivity index (χ0) is 21.8. The Morgan fingerprint density at radius 3 is 2.41 bits per heavy atom. The molecule has 156 valence electrons. The fourth-order valence-electron chi connectivity index (χ4n) is 2.80. The van der Waals surface area contributed by atoms with Gasteiger partial charge in [0.2, 0.25) is 5.91 Å². The van der Waals surface area contributed by atoms with Crippen molar-refractivity contribution in [3.63, 3.8) is 0 Å². The molecule has 0 aromatic heterocycles. The minimum Gasteiger partial charge on any atom is -0.352 e.